The average Bonchev–Trinajstić information content (AvgIpc) is 3.26. The molecule has 0 aliphatic carbocycles. The van der Waals surface area contributed by atoms with Crippen LogP contribution < -0.4 is 0 Å². The van der Waals surface area contributed by atoms with E-state index in [-0.39, 0.29) is 12.6 Å². The van der Waals surface area contributed by atoms with E-state index in [0.29, 0.717) is 12.1 Å². The van der Waals surface area contributed by atoms with Crippen LogP contribution in [0.25, 0.3) is 6.08 Å². The molecule has 0 spiro atoms. The summed E-state index contributed by atoms with van der Waals surface area (Å²) in [6.45, 7) is 2.75. The van der Waals surface area contributed by atoms with Crippen LogP contribution in [0.5, 0.6) is 0 Å². The van der Waals surface area contributed by atoms with Gasteiger partial charge in [0.05, 0.1) is 12.9 Å². The second kappa shape index (κ2) is 7.46. The smallest absolute Gasteiger partial charge is 0.334 e. The van der Waals surface area contributed by atoms with Crippen LogP contribution in [0, 0.1) is 0 Å². The van der Waals surface area contributed by atoms with Crippen molar-refractivity contribution in [2.24, 2.45) is 0 Å². The summed E-state index contributed by atoms with van der Waals surface area (Å²) in [6.07, 6.45) is 7.21. The summed E-state index contributed by atoms with van der Waals surface area (Å²) in [5, 5.41) is 0. The molecule has 0 fully saturated rings. The molecule has 0 aliphatic heterocycles. The van der Waals surface area contributed by atoms with Gasteiger partial charge in [-0.1, -0.05) is 30.3 Å². The fourth-order valence-corrected chi connectivity index (χ4v) is 2.34. The fourth-order valence-electron chi connectivity index (χ4n) is 2.34. The highest BCUT2D eigenvalue weighted by atomic mass is 16.5. The van der Waals surface area contributed by atoms with Gasteiger partial charge in [0.1, 0.15) is 6.61 Å². The first-order valence-electron chi connectivity index (χ1n) is 7.74. The third-order valence-corrected chi connectivity index (χ3v) is 3.59. The maximum Gasteiger partial charge on any atom is 0.334 e. The van der Waals surface area contributed by atoms with Crippen LogP contribution in [0.4, 0.5) is 0 Å². The number of nitrogens with zero attached hydrogens (tertiary/aromatic N) is 2. The summed E-state index contributed by atoms with van der Waals surface area (Å²) in [5.41, 5.74) is 3.45. The van der Waals surface area contributed by atoms with Crippen molar-refractivity contribution < 1.29 is 9.53 Å². The molecule has 0 radical (unpaired) electrons. The van der Waals surface area contributed by atoms with Crippen molar-refractivity contribution in [1.29, 1.82) is 0 Å². The van der Waals surface area contributed by atoms with Gasteiger partial charge in [0.25, 0.3) is 0 Å². The van der Waals surface area contributed by atoms with Gasteiger partial charge in [0, 0.05) is 29.4 Å². The van der Waals surface area contributed by atoms with Gasteiger partial charge >= 0.3 is 5.97 Å². The number of carbonyl (C=O) groups is 1. The van der Waals surface area contributed by atoms with Crippen LogP contribution in [0.15, 0.2) is 66.8 Å². The maximum atomic E-state index is 12.1. The second-order valence-electron chi connectivity index (χ2n) is 5.56. The van der Waals surface area contributed by atoms with E-state index < -0.39 is 0 Å². The Kier molecular flexibility index (Phi) is 4.91. The minimum absolute atomic E-state index is 0.279. The van der Waals surface area contributed by atoms with Crippen molar-refractivity contribution in [2.45, 2.75) is 20.1 Å². The lowest BCUT2D eigenvalue weighted by atomic mass is 10.2. The zero-order chi connectivity index (χ0) is 16.8. The number of esters is 1. The Bertz CT molecular complexity index is 817. The molecule has 3 rings (SSSR count). The van der Waals surface area contributed by atoms with Crippen LogP contribution in [-0.2, 0) is 22.7 Å². The number of imidazole rings is 1. The van der Waals surface area contributed by atoms with Crippen LogP contribution in [0.3, 0.4) is 0 Å². The van der Waals surface area contributed by atoms with E-state index in [0.717, 1.165) is 17.0 Å². The molecule has 0 saturated heterocycles. The Hall–Kier alpha value is -3.08. The first-order chi connectivity index (χ1) is 11.7. The number of aromatic amines is 1. The van der Waals surface area contributed by atoms with Crippen molar-refractivity contribution in [1.82, 2.24) is 14.5 Å². The number of hydrogen-bond donors (Lipinski definition) is 1. The molecule has 0 atom stereocenters. The van der Waals surface area contributed by atoms with E-state index in [2.05, 4.69) is 9.97 Å². The summed E-state index contributed by atoms with van der Waals surface area (Å²) in [7, 11) is 0. The SMILES string of the molecule is C/C(=C\c1ccc(Cn2ccnc2)[nH]1)C(=O)OCc1ccccc1. The molecule has 122 valence electrons. The molecular weight excluding hydrogens is 302 g/mol. The first kappa shape index (κ1) is 15.8. The van der Waals surface area contributed by atoms with Crippen molar-refractivity contribution in [3.63, 3.8) is 0 Å². The van der Waals surface area contributed by atoms with Crippen LogP contribution in [0.2, 0.25) is 0 Å². The van der Waals surface area contributed by atoms with Gasteiger partial charge in [0.15, 0.2) is 0 Å². The summed E-state index contributed by atoms with van der Waals surface area (Å²) in [5.74, 6) is -0.315. The molecule has 2 heterocycles. The Morgan fingerprint density at radius 3 is 2.83 bits per heavy atom. The van der Waals surface area contributed by atoms with Crippen LogP contribution >= 0.6 is 0 Å². The minimum atomic E-state index is -0.315. The van der Waals surface area contributed by atoms with Gasteiger partial charge in [-0.05, 0) is 30.7 Å². The summed E-state index contributed by atoms with van der Waals surface area (Å²) < 4.78 is 7.29. The molecule has 0 aliphatic rings. The second-order valence-corrected chi connectivity index (χ2v) is 5.56. The molecule has 3 aromatic rings. The molecule has 0 unspecified atom stereocenters. The summed E-state index contributed by atoms with van der Waals surface area (Å²) >= 11 is 0. The lowest BCUT2D eigenvalue weighted by Crippen LogP contribution is -2.05. The van der Waals surface area contributed by atoms with Gasteiger partial charge in [-0.25, -0.2) is 9.78 Å². The number of H-pyrrole nitrogens is 1. The van der Waals surface area contributed by atoms with Gasteiger partial charge in [-0.3, -0.25) is 0 Å². The van der Waals surface area contributed by atoms with Gasteiger partial charge < -0.3 is 14.3 Å². The van der Waals surface area contributed by atoms with E-state index in [1.54, 1.807) is 25.5 Å². The number of hydrogen-bond acceptors (Lipinski definition) is 3. The number of ether oxygens (including phenoxy) is 1. The highest BCUT2D eigenvalue weighted by molar-refractivity contribution is 5.92. The van der Waals surface area contributed by atoms with E-state index in [1.807, 2.05) is 53.2 Å². The Labute approximate surface area is 140 Å². The van der Waals surface area contributed by atoms with Crippen LogP contribution in [-0.4, -0.2) is 20.5 Å². The highest BCUT2D eigenvalue weighted by Gasteiger charge is 2.07. The van der Waals surface area contributed by atoms with Gasteiger partial charge in [0.2, 0.25) is 0 Å². The third kappa shape index (κ3) is 4.23. The molecular formula is C19H19N3O2. The van der Waals surface area contributed by atoms with Crippen molar-refractivity contribution >= 4 is 12.0 Å². The van der Waals surface area contributed by atoms with E-state index >= 15 is 0 Å². The molecule has 24 heavy (non-hydrogen) atoms. The summed E-state index contributed by atoms with van der Waals surface area (Å²) in [6, 6.07) is 13.6. The quantitative estimate of drug-likeness (QED) is 0.559. The van der Waals surface area contributed by atoms with Crippen molar-refractivity contribution in [3.8, 4) is 0 Å². The van der Waals surface area contributed by atoms with Crippen molar-refractivity contribution in [2.75, 3.05) is 0 Å². The lowest BCUT2D eigenvalue weighted by molar-refractivity contribution is -0.140. The van der Waals surface area contributed by atoms with Crippen LogP contribution in [0.1, 0.15) is 23.9 Å². The third-order valence-electron chi connectivity index (χ3n) is 3.59. The van der Waals surface area contributed by atoms with E-state index in [4.69, 9.17) is 4.74 Å². The number of nitrogens with one attached hydrogen (secondary N) is 1. The first-order valence-corrected chi connectivity index (χ1v) is 7.74. The predicted octanol–water partition coefficient (Wildman–Crippen LogP) is 3.41. The molecule has 5 nitrogen and oxygen atoms in total. The lowest BCUT2D eigenvalue weighted by Gasteiger charge is -2.05. The molecule has 5 heteroatoms. The molecule has 0 bridgehead atoms. The van der Waals surface area contributed by atoms with E-state index in [9.17, 15) is 4.79 Å². The number of carbonyl (C=O) groups excluding carboxylic acids is 1. The van der Waals surface area contributed by atoms with Gasteiger partial charge in [-0.2, -0.15) is 0 Å². The van der Waals surface area contributed by atoms with E-state index in [1.165, 1.54) is 0 Å². The number of benzene rings is 1. The predicted molar refractivity (Wildman–Crippen MR) is 92.0 cm³/mol. The maximum absolute atomic E-state index is 12.1. The Morgan fingerprint density at radius 2 is 2.08 bits per heavy atom. The highest BCUT2D eigenvalue weighted by Crippen LogP contribution is 2.11. The van der Waals surface area contributed by atoms with Gasteiger partial charge in [-0.15, -0.1) is 0 Å². The minimum Gasteiger partial charge on any atom is -0.457 e. The monoisotopic (exact) mass is 321 g/mol. The number of aromatic nitrogens is 3. The molecule has 0 amide bonds. The largest absolute Gasteiger partial charge is 0.457 e. The number of rotatable bonds is 6. The zero-order valence-corrected chi connectivity index (χ0v) is 13.5. The van der Waals surface area contributed by atoms with Crippen molar-refractivity contribution in [3.05, 3.63) is 83.7 Å². The Morgan fingerprint density at radius 1 is 1.25 bits per heavy atom. The zero-order valence-electron chi connectivity index (χ0n) is 13.5. The molecule has 0 saturated carbocycles. The normalized spacial score (nSPS) is 11.5. The average molecular weight is 321 g/mol. The Balaban J connectivity index is 1.58. The molecule has 2 aromatic heterocycles. The fraction of sp³-hybridized carbons (Fsp3) is 0.158. The standard InChI is InChI=1S/C19H19N3O2/c1-15(19(23)24-13-16-5-3-2-4-6-16)11-17-7-8-18(21-17)12-22-10-9-20-14-22/h2-11,14,21H,12-13H2,1H3/b15-11+. The molecule has 1 N–H and O–H groups in total. The molecule has 1 aromatic carbocycles. The topological polar surface area (TPSA) is 59.9 Å². The summed E-state index contributed by atoms with van der Waals surface area (Å²) in [4.78, 5) is 19.4.